The molecule has 2 heterocycles. The van der Waals surface area contributed by atoms with Gasteiger partial charge in [-0.3, -0.25) is 9.59 Å². The molecule has 1 aliphatic heterocycles. The highest BCUT2D eigenvalue weighted by molar-refractivity contribution is 7.90. The largest absolute Gasteiger partial charge is 0.318 e. The van der Waals surface area contributed by atoms with E-state index in [1.807, 2.05) is 49.6 Å². The second-order valence-corrected chi connectivity index (χ2v) is 9.03. The van der Waals surface area contributed by atoms with Crippen LogP contribution in [0.15, 0.2) is 59.5 Å². The van der Waals surface area contributed by atoms with E-state index < -0.39 is 28.3 Å². The number of Topliss-reactive ketones (excluding diaryl/α,β-unsaturated/α-hetero) is 1. The van der Waals surface area contributed by atoms with Crippen molar-refractivity contribution < 1.29 is 18.0 Å². The maximum absolute atomic E-state index is 13.0. The van der Waals surface area contributed by atoms with Gasteiger partial charge in [0.1, 0.15) is 11.4 Å². The predicted octanol–water partition coefficient (Wildman–Crippen LogP) is 3.43. The first kappa shape index (κ1) is 19.1. The Morgan fingerprint density at radius 2 is 1.69 bits per heavy atom. The van der Waals surface area contributed by atoms with Crippen molar-refractivity contribution in [2.75, 3.05) is 6.54 Å². The van der Waals surface area contributed by atoms with Crippen LogP contribution in [0.2, 0.25) is 0 Å². The molecular formula is C22H20N2O4S. The standard InChI is InChI=1S/C22H20N2O4S/c1-14-7-6-8-17(11-14)24-15(2)12-19(16(24)3)20(25)13-23-22(26)18-9-4-5-10-21(18)29(23,27)28/h4-12H,13H2,1-3H3. The summed E-state index contributed by atoms with van der Waals surface area (Å²) < 4.78 is 28.1. The van der Waals surface area contributed by atoms with E-state index >= 15 is 0 Å². The average molecular weight is 408 g/mol. The summed E-state index contributed by atoms with van der Waals surface area (Å²) in [6.07, 6.45) is 0. The summed E-state index contributed by atoms with van der Waals surface area (Å²) >= 11 is 0. The zero-order chi connectivity index (χ0) is 20.9. The fourth-order valence-electron chi connectivity index (χ4n) is 3.81. The van der Waals surface area contributed by atoms with Crippen molar-refractivity contribution in [3.8, 4) is 5.69 Å². The summed E-state index contributed by atoms with van der Waals surface area (Å²) in [5.74, 6) is -1.08. The van der Waals surface area contributed by atoms with Crippen LogP contribution in [-0.2, 0) is 10.0 Å². The van der Waals surface area contributed by atoms with Crippen molar-refractivity contribution in [2.45, 2.75) is 25.7 Å². The second-order valence-electron chi connectivity index (χ2n) is 7.20. The first-order valence-electron chi connectivity index (χ1n) is 9.17. The van der Waals surface area contributed by atoms with Gasteiger partial charge in [-0.1, -0.05) is 24.3 Å². The zero-order valence-electron chi connectivity index (χ0n) is 16.3. The highest BCUT2D eigenvalue weighted by atomic mass is 32.2. The Morgan fingerprint density at radius 1 is 0.966 bits per heavy atom. The summed E-state index contributed by atoms with van der Waals surface area (Å²) in [5, 5.41) is 0. The maximum Gasteiger partial charge on any atom is 0.269 e. The number of fused-ring (bicyclic) bond motifs is 1. The third-order valence-corrected chi connectivity index (χ3v) is 6.98. The van der Waals surface area contributed by atoms with Crippen LogP contribution in [0.3, 0.4) is 0 Å². The van der Waals surface area contributed by atoms with E-state index in [2.05, 4.69) is 0 Å². The molecule has 1 aliphatic rings. The lowest BCUT2D eigenvalue weighted by molar-refractivity contribution is 0.0820. The number of aromatic nitrogens is 1. The van der Waals surface area contributed by atoms with E-state index in [0.717, 1.165) is 16.9 Å². The van der Waals surface area contributed by atoms with Crippen LogP contribution in [-0.4, -0.2) is 35.5 Å². The van der Waals surface area contributed by atoms with Crippen LogP contribution in [0.25, 0.3) is 5.69 Å². The molecule has 0 radical (unpaired) electrons. The molecule has 0 unspecified atom stereocenters. The molecule has 0 aliphatic carbocycles. The van der Waals surface area contributed by atoms with E-state index in [0.29, 0.717) is 15.6 Å². The van der Waals surface area contributed by atoms with Gasteiger partial charge in [0.25, 0.3) is 15.9 Å². The number of rotatable bonds is 4. The minimum atomic E-state index is -4.02. The summed E-state index contributed by atoms with van der Waals surface area (Å²) in [6, 6.07) is 15.6. The number of aryl methyl sites for hydroxylation is 2. The van der Waals surface area contributed by atoms with Crippen LogP contribution >= 0.6 is 0 Å². The van der Waals surface area contributed by atoms with Crippen LogP contribution in [0, 0.1) is 20.8 Å². The van der Waals surface area contributed by atoms with E-state index in [-0.39, 0.29) is 10.5 Å². The molecular weight excluding hydrogens is 388 g/mol. The molecule has 0 spiro atoms. The number of amides is 1. The number of sulfonamides is 1. The summed E-state index contributed by atoms with van der Waals surface area (Å²) in [4.78, 5) is 25.5. The number of benzene rings is 2. The molecule has 0 saturated carbocycles. The lowest BCUT2D eigenvalue weighted by Crippen LogP contribution is -2.35. The smallest absolute Gasteiger partial charge is 0.269 e. The van der Waals surface area contributed by atoms with Gasteiger partial charge in [-0.25, -0.2) is 12.7 Å². The Kier molecular flexibility index (Phi) is 4.42. The molecule has 7 heteroatoms. The van der Waals surface area contributed by atoms with Gasteiger partial charge in [0.05, 0.1) is 5.56 Å². The fraction of sp³-hybridized carbons (Fsp3) is 0.182. The molecule has 0 saturated heterocycles. The number of carbonyl (C=O) groups excluding carboxylic acids is 2. The van der Waals surface area contributed by atoms with E-state index in [1.165, 1.54) is 12.1 Å². The van der Waals surface area contributed by atoms with Crippen LogP contribution in [0.5, 0.6) is 0 Å². The molecule has 0 bridgehead atoms. The van der Waals surface area contributed by atoms with Crippen LogP contribution in [0.1, 0.15) is 37.7 Å². The van der Waals surface area contributed by atoms with Gasteiger partial charge in [0, 0.05) is 22.6 Å². The third kappa shape index (κ3) is 2.98. The third-order valence-electron chi connectivity index (χ3n) is 5.19. The van der Waals surface area contributed by atoms with Crippen molar-refractivity contribution in [3.05, 3.63) is 82.7 Å². The molecule has 6 nitrogen and oxygen atoms in total. The van der Waals surface area contributed by atoms with Gasteiger partial charge >= 0.3 is 0 Å². The molecule has 3 aromatic rings. The van der Waals surface area contributed by atoms with Crippen LogP contribution < -0.4 is 0 Å². The minimum Gasteiger partial charge on any atom is -0.318 e. The summed E-state index contributed by atoms with van der Waals surface area (Å²) in [7, 11) is -4.02. The van der Waals surface area contributed by atoms with Crippen LogP contribution in [0.4, 0.5) is 0 Å². The lowest BCUT2D eigenvalue weighted by Gasteiger charge is -2.14. The highest BCUT2D eigenvalue weighted by Gasteiger charge is 2.42. The van der Waals surface area contributed by atoms with Crippen molar-refractivity contribution in [2.24, 2.45) is 0 Å². The molecule has 0 atom stereocenters. The molecule has 148 valence electrons. The molecule has 1 aromatic heterocycles. The van der Waals surface area contributed by atoms with Gasteiger partial charge in [-0.2, -0.15) is 0 Å². The number of hydrogen-bond donors (Lipinski definition) is 0. The van der Waals surface area contributed by atoms with Gasteiger partial charge in [-0.15, -0.1) is 0 Å². The Hall–Kier alpha value is -3.19. The van der Waals surface area contributed by atoms with E-state index in [9.17, 15) is 18.0 Å². The number of carbonyl (C=O) groups is 2. The molecule has 2 aromatic carbocycles. The van der Waals surface area contributed by atoms with Crippen molar-refractivity contribution >= 4 is 21.7 Å². The monoisotopic (exact) mass is 408 g/mol. The quantitative estimate of drug-likeness (QED) is 0.620. The molecule has 0 fully saturated rings. The summed E-state index contributed by atoms with van der Waals surface area (Å²) in [6.45, 7) is 5.18. The van der Waals surface area contributed by atoms with Gasteiger partial charge in [0.15, 0.2) is 5.78 Å². The maximum atomic E-state index is 13.0. The van der Waals surface area contributed by atoms with E-state index in [4.69, 9.17) is 0 Å². The molecule has 29 heavy (non-hydrogen) atoms. The molecule has 1 amide bonds. The summed E-state index contributed by atoms with van der Waals surface area (Å²) in [5.41, 5.74) is 4.09. The number of nitrogens with zero attached hydrogens (tertiary/aromatic N) is 2. The van der Waals surface area contributed by atoms with Gasteiger partial charge < -0.3 is 4.57 Å². The Labute approximate surface area is 169 Å². The van der Waals surface area contributed by atoms with Gasteiger partial charge in [-0.05, 0) is 56.7 Å². The Balaban J connectivity index is 1.69. The SMILES string of the molecule is Cc1cccc(-n2c(C)cc(C(=O)CN3C(=O)c4ccccc4S3(=O)=O)c2C)c1. The average Bonchev–Trinajstić information content (AvgIpc) is 3.08. The predicted molar refractivity (Wildman–Crippen MR) is 109 cm³/mol. The Bertz CT molecular complexity index is 1270. The topological polar surface area (TPSA) is 76.5 Å². The van der Waals surface area contributed by atoms with E-state index in [1.54, 1.807) is 18.2 Å². The van der Waals surface area contributed by atoms with Crippen molar-refractivity contribution in [1.82, 2.24) is 8.87 Å². The lowest BCUT2D eigenvalue weighted by atomic mass is 10.1. The number of ketones is 1. The minimum absolute atomic E-state index is 0.0527. The normalized spacial score (nSPS) is 14.9. The highest BCUT2D eigenvalue weighted by Crippen LogP contribution is 2.30. The van der Waals surface area contributed by atoms with Crippen molar-refractivity contribution in [1.29, 1.82) is 0 Å². The molecule has 4 rings (SSSR count). The second kappa shape index (κ2) is 6.70. The molecule has 0 N–H and O–H groups in total. The zero-order valence-corrected chi connectivity index (χ0v) is 17.2. The van der Waals surface area contributed by atoms with Gasteiger partial charge in [0.2, 0.25) is 0 Å². The fourth-order valence-corrected chi connectivity index (χ4v) is 5.34. The number of hydrogen-bond acceptors (Lipinski definition) is 4. The Morgan fingerprint density at radius 3 is 2.38 bits per heavy atom. The first-order valence-corrected chi connectivity index (χ1v) is 10.6. The van der Waals surface area contributed by atoms with Crippen molar-refractivity contribution in [3.63, 3.8) is 0 Å². The first-order chi connectivity index (χ1) is 13.7.